The Bertz CT molecular complexity index is 413. The second-order valence-electron chi connectivity index (χ2n) is 4.01. The van der Waals surface area contributed by atoms with Crippen molar-refractivity contribution in [1.29, 1.82) is 0 Å². The summed E-state index contributed by atoms with van der Waals surface area (Å²) in [6.45, 7) is 1.51. The summed E-state index contributed by atoms with van der Waals surface area (Å²) >= 11 is 1.62. The summed E-state index contributed by atoms with van der Waals surface area (Å²) in [4.78, 5) is 0. The SMILES string of the molecule is OC(CNCCc1ccccc1)c1ccsc1. The minimum Gasteiger partial charge on any atom is -0.387 e. The van der Waals surface area contributed by atoms with Gasteiger partial charge in [0.2, 0.25) is 0 Å². The Labute approximate surface area is 106 Å². The van der Waals surface area contributed by atoms with Crippen LogP contribution in [0.25, 0.3) is 0 Å². The molecule has 0 aliphatic rings. The molecule has 1 unspecified atom stereocenters. The maximum atomic E-state index is 9.85. The van der Waals surface area contributed by atoms with Gasteiger partial charge in [0, 0.05) is 6.54 Å². The van der Waals surface area contributed by atoms with Crippen molar-refractivity contribution in [2.45, 2.75) is 12.5 Å². The number of hydrogen-bond donors (Lipinski definition) is 2. The summed E-state index contributed by atoms with van der Waals surface area (Å²) in [5.41, 5.74) is 2.33. The summed E-state index contributed by atoms with van der Waals surface area (Å²) < 4.78 is 0. The van der Waals surface area contributed by atoms with Gasteiger partial charge in [0.1, 0.15) is 0 Å². The van der Waals surface area contributed by atoms with E-state index in [2.05, 4.69) is 29.6 Å². The van der Waals surface area contributed by atoms with Gasteiger partial charge in [-0.05, 0) is 40.9 Å². The zero-order chi connectivity index (χ0) is 11.9. The van der Waals surface area contributed by atoms with Crippen LogP contribution < -0.4 is 5.32 Å². The molecule has 3 heteroatoms. The number of nitrogens with one attached hydrogen (secondary N) is 1. The van der Waals surface area contributed by atoms with Gasteiger partial charge >= 0.3 is 0 Å². The van der Waals surface area contributed by atoms with Gasteiger partial charge in [0.15, 0.2) is 0 Å². The number of hydrogen-bond acceptors (Lipinski definition) is 3. The first-order valence-electron chi connectivity index (χ1n) is 5.81. The lowest BCUT2D eigenvalue weighted by Gasteiger charge is -2.10. The van der Waals surface area contributed by atoms with Crippen LogP contribution in [0.1, 0.15) is 17.2 Å². The molecular formula is C14H17NOS. The zero-order valence-corrected chi connectivity index (χ0v) is 10.5. The van der Waals surface area contributed by atoms with Crippen LogP contribution in [-0.4, -0.2) is 18.2 Å². The summed E-state index contributed by atoms with van der Waals surface area (Å²) in [7, 11) is 0. The number of benzene rings is 1. The third kappa shape index (κ3) is 3.97. The molecule has 0 fully saturated rings. The molecule has 0 aliphatic heterocycles. The Morgan fingerprint density at radius 2 is 2.00 bits per heavy atom. The number of rotatable bonds is 6. The molecule has 0 radical (unpaired) electrons. The van der Waals surface area contributed by atoms with E-state index >= 15 is 0 Å². The molecule has 2 nitrogen and oxygen atoms in total. The van der Waals surface area contributed by atoms with Gasteiger partial charge in [-0.3, -0.25) is 0 Å². The van der Waals surface area contributed by atoms with E-state index in [9.17, 15) is 5.11 Å². The molecule has 0 saturated carbocycles. The van der Waals surface area contributed by atoms with Gasteiger partial charge in [0.05, 0.1) is 6.10 Å². The van der Waals surface area contributed by atoms with E-state index in [0.29, 0.717) is 6.54 Å². The van der Waals surface area contributed by atoms with Crippen molar-refractivity contribution in [2.75, 3.05) is 13.1 Å². The quantitative estimate of drug-likeness (QED) is 0.769. The van der Waals surface area contributed by atoms with Crippen molar-refractivity contribution >= 4 is 11.3 Å². The lowest BCUT2D eigenvalue weighted by Crippen LogP contribution is -2.23. The molecule has 2 N–H and O–H groups in total. The van der Waals surface area contributed by atoms with Crippen LogP contribution in [-0.2, 0) is 6.42 Å². The summed E-state index contributed by atoms with van der Waals surface area (Å²) in [6, 6.07) is 12.3. The molecule has 2 aromatic rings. The molecule has 1 heterocycles. The summed E-state index contributed by atoms with van der Waals surface area (Å²) in [5, 5.41) is 17.1. The van der Waals surface area contributed by atoms with E-state index in [4.69, 9.17) is 0 Å². The Kier molecular flexibility index (Phi) is 4.74. The van der Waals surface area contributed by atoms with E-state index in [0.717, 1.165) is 18.5 Å². The first-order chi connectivity index (χ1) is 8.36. The highest BCUT2D eigenvalue weighted by molar-refractivity contribution is 7.07. The fourth-order valence-corrected chi connectivity index (χ4v) is 2.41. The normalized spacial score (nSPS) is 12.5. The smallest absolute Gasteiger partial charge is 0.0922 e. The van der Waals surface area contributed by atoms with Crippen LogP contribution in [0, 0.1) is 0 Å². The van der Waals surface area contributed by atoms with Crippen molar-refractivity contribution in [2.24, 2.45) is 0 Å². The van der Waals surface area contributed by atoms with Gasteiger partial charge < -0.3 is 10.4 Å². The van der Waals surface area contributed by atoms with E-state index < -0.39 is 6.10 Å². The molecule has 17 heavy (non-hydrogen) atoms. The lowest BCUT2D eigenvalue weighted by molar-refractivity contribution is 0.175. The highest BCUT2D eigenvalue weighted by Gasteiger charge is 2.06. The third-order valence-electron chi connectivity index (χ3n) is 2.70. The molecule has 0 saturated heterocycles. The standard InChI is InChI=1S/C14H17NOS/c16-14(13-7-9-17-11-13)10-15-8-6-12-4-2-1-3-5-12/h1-5,7,9,11,14-16H,6,8,10H2. The lowest BCUT2D eigenvalue weighted by atomic mass is 10.1. The zero-order valence-electron chi connectivity index (χ0n) is 9.67. The van der Waals surface area contributed by atoms with Gasteiger partial charge in [0.25, 0.3) is 0 Å². The number of aliphatic hydroxyl groups is 1. The molecular weight excluding hydrogens is 230 g/mol. The van der Waals surface area contributed by atoms with Crippen molar-refractivity contribution in [1.82, 2.24) is 5.32 Å². The topological polar surface area (TPSA) is 32.3 Å². The first-order valence-corrected chi connectivity index (χ1v) is 6.75. The van der Waals surface area contributed by atoms with Crippen molar-refractivity contribution in [3.8, 4) is 0 Å². The number of thiophene rings is 1. The maximum absolute atomic E-state index is 9.85. The predicted molar refractivity (Wildman–Crippen MR) is 72.3 cm³/mol. The van der Waals surface area contributed by atoms with Crippen LogP contribution in [0.3, 0.4) is 0 Å². The van der Waals surface area contributed by atoms with Crippen LogP contribution >= 0.6 is 11.3 Å². The summed E-state index contributed by atoms with van der Waals surface area (Å²) in [5.74, 6) is 0. The largest absolute Gasteiger partial charge is 0.387 e. The predicted octanol–water partition coefficient (Wildman–Crippen LogP) is 2.61. The minimum absolute atomic E-state index is 0.392. The average Bonchev–Trinajstić information content (AvgIpc) is 2.89. The average molecular weight is 247 g/mol. The van der Waals surface area contributed by atoms with Crippen LogP contribution in [0.4, 0.5) is 0 Å². The van der Waals surface area contributed by atoms with Gasteiger partial charge in [-0.25, -0.2) is 0 Å². The van der Waals surface area contributed by atoms with Crippen LogP contribution in [0.2, 0.25) is 0 Å². The monoisotopic (exact) mass is 247 g/mol. The van der Waals surface area contributed by atoms with Crippen molar-refractivity contribution in [3.05, 3.63) is 58.3 Å². The van der Waals surface area contributed by atoms with Crippen LogP contribution in [0.5, 0.6) is 0 Å². The Balaban J connectivity index is 1.67. The molecule has 1 aromatic carbocycles. The Hall–Kier alpha value is -1.16. The Morgan fingerprint density at radius 1 is 1.18 bits per heavy atom. The third-order valence-corrected chi connectivity index (χ3v) is 3.40. The van der Waals surface area contributed by atoms with Gasteiger partial charge in [-0.15, -0.1) is 0 Å². The number of aliphatic hydroxyl groups excluding tert-OH is 1. The molecule has 0 aliphatic carbocycles. The molecule has 1 aromatic heterocycles. The van der Waals surface area contributed by atoms with Crippen LogP contribution in [0.15, 0.2) is 47.2 Å². The van der Waals surface area contributed by atoms with Crippen molar-refractivity contribution in [3.63, 3.8) is 0 Å². The molecule has 0 bridgehead atoms. The fraction of sp³-hybridized carbons (Fsp3) is 0.286. The maximum Gasteiger partial charge on any atom is 0.0922 e. The highest BCUT2D eigenvalue weighted by atomic mass is 32.1. The molecule has 90 valence electrons. The molecule has 2 rings (SSSR count). The van der Waals surface area contributed by atoms with E-state index in [1.54, 1.807) is 11.3 Å². The molecule has 1 atom stereocenters. The van der Waals surface area contributed by atoms with E-state index in [1.807, 2.05) is 22.9 Å². The summed E-state index contributed by atoms with van der Waals surface area (Å²) in [6.07, 6.45) is 0.606. The van der Waals surface area contributed by atoms with E-state index in [-0.39, 0.29) is 0 Å². The molecule has 0 spiro atoms. The van der Waals surface area contributed by atoms with Crippen molar-refractivity contribution < 1.29 is 5.11 Å². The van der Waals surface area contributed by atoms with Gasteiger partial charge in [-0.1, -0.05) is 30.3 Å². The fourth-order valence-electron chi connectivity index (χ4n) is 1.70. The van der Waals surface area contributed by atoms with E-state index in [1.165, 1.54) is 5.56 Å². The minimum atomic E-state index is -0.392. The first kappa shape index (κ1) is 12.3. The molecule has 0 amide bonds. The second-order valence-corrected chi connectivity index (χ2v) is 4.79. The Morgan fingerprint density at radius 3 is 2.71 bits per heavy atom. The second kappa shape index (κ2) is 6.55. The van der Waals surface area contributed by atoms with Gasteiger partial charge in [-0.2, -0.15) is 11.3 Å². The highest BCUT2D eigenvalue weighted by Crippen LogP contribution is 2.14.